The molecule has 5 heteroatoms. The van der Waals surface area contributed by atoms with Gasteiger partial charge >= 0.3 is 5.97 Å². The summed E-state index contributed by atoms with van der Waals surface area (Å²) in [7, 11) is 1.44. The lowest BCUT2D eigenvalue weighted by Gasteiger charge is -2.20. The van der Waals surface area contributed by atoms with Gasteiger partial charge in [-0.1, -0.05) is 13.3 Å². The molecule has 1 aliphatic carbocycles. The van der Waals surface area contributed by atoms with Gasteiger partial charge in [0, 0.05) is 12.6 Å². The van der Waals surface area contributed by atoms with Gasteiger partial charge in [-0.05, 0) is 31.5 Å². The number of carbonyl (C=O) groups is 1. The van der Waals surface area contributed by atoms with Crippen LogP contribution in [0.4, 0.5) is 0 Å². The van der Waals surface area contributed by atoms with E-state index < -0.39 is 0 Å². The average molecular weight is 244 g/mol. The molecule has 2 atom stereocenters. The van der Waals surface area contributed by atoms with Gasteiger partial charge in [0.1, 0.15) is 0 Å². The first-order valence-electron chi connectivity index (χ1n) is 5.81. The van der Waals surface area contributed by atoms with Crippen molar-refractivity contribution in [1.82, 2.24) is 10.6 Å². The molecule has 0 aromatic carbocycles. The SMILES string of the molecule is CCCNC(=S)NC1CCCC1C(=O)OC. The Kier molecular flexibility index (Phi) is 5.52. The molecule has 1 saturated carbocycles. The second kappa shape index (κ2) is 6.68. The topological polar surface area (TPSA) is 50.4 Å². The molecule has 0 heterocycles. The average Bonchev–Trinajstić information content (AvgIpc) is 2.73. The lowest BCUT2D eigenvalue weighted by molar-refractivity contribution is -0.145. The first-order valence-corrected chi connectivity index (χ1v) is 6.22. The molecule has 1 fully saturated rings. The third-order valence-electron chi connectivity index (χ3n) is 2.87. The van der Waals surface area contributed by atoms with E-state index in [1.54, 1.807) is 0 Å². The van der Waals surface area contributed by atoms with Gasteiger partial charge in [0.25, 0.3) is 0 Å². The minimum absolute atomic E-state index is 0.0497. The third-order valence-corrected chi connectivity index (χ3v) is 3.13. The lowest BCUT2D eigenvalue weighted by atomic mass is 10.0. The normalized spacial score (nSPS) is 23.9. The monoisotopic (exact) mass is 244 g/mol. The molecule has 4 nitrogen and oxygen atoms in total. The van der Waals surface area contributed by atoms with Gasteiger partial charge in [-0.25, -0.2) is 0 Å². The number of esters is 1. The minimum atomic E-state index is -0.131. The van der Waals surface area contributed by atoms with Gasteiger partial charge in [0.2, 0.25) is 0 Å². The van der Waals surface area contributed by atoms with Crippen molar-refractivity contribution in [3.8, 4) is 0 Å². The van der Waals surface area contributed by atoms with Crippen molar-refractivity contribution in [2.45, 2.75) is 38.6 Å². The molecule has 0 amide bonds. The van der Waals surface area contributed by atoms with E-state index in [1.807, 2.05) is 0 Å². The highest BCUT2D eigenvalue weighted by Gasteiger charge is 2.34. The molecule has 0 aliphatic heterocycles. The fourth-order valence-corrected chi connectivity index (χ4v) is 2.28. The van der Waals surface area contributed by atoms with Gasteiger partial charge in [0.05, 0.1) is 13.0 Å². The number of rotatable bonds is 4. The zero-order valence-corrected chi connectivity index (χ0v) is 10.7. The van der Waals surface area contributed by atoms with Crippen molar-refractivity contribution < 1.29 is 9.53 Å². The molecule has 16 heavy (non-hydrogen) atoms. The molecule has 0 spiro atoms. The van der Waals surface area contributed by atoms with Crippen LogP contribution >= 0.6 is 12.2 Å². The maximum absolute atomic E-state index is 11.5. The van der Waals surface area contributed by atoms with Crippen molar-refractivity contribution in [2.75, 3.05) is 13.7 Å². The predicted octanol–water partition coefficient (Wildman–Crippen LogP) is 1.20. The summed E-state index contributed by atoms with van der Waals surface area (Å²) in [4.78, 5) is 11.5. The summed E-state index contributed by atoms with van der Waals surface area (Å²) in [5, 5.41) is 6.94. The highest BCUT2D eigenvalue weighted by Crippen LogP contribution is 2.26. The number of methoxy groups -OCH3 is 1. The Balaban J connectivity index is 2.40. The third kappa shape index (κ3) is 3.63. The summed E-state index contributed by atoms with van der Waals surface area (Å²) in [6.45, 7) is 2.95. The maximum atomic E-state index is 11.5. The zero-order chi connectivity index (χ0) is 12.0. The Bertz CT molecular complexity index is 258. The molecule has 2 N–H and O–H groups in total. The number of hydrogen-bond acceptors (Lipinski definition) is 3. The Morgan fingerprint density at radius 2 is 2.25 bits per heavy atom. The van der Waals surface area contributed by atoms with E-state index in [4.69, 9.17) is 17.0 Å². The number of thiocarbonyl (C=S) groups is 1. The van der Waals surface area contributed by atoms with Gasteiger partial charge in [-0.15, -0.1) is 0 Å². The molecule has 0 saturated heterocycles. The van der Waals surface area contributed by atoms with Crippen LogP contribution in [0.5, 0.6) is 0 Å². The second-order valence-electron chi connectivity index (χ2n) is 4.07. The number of ether oxygens (including phenoxy) is 1. The predicted molar refractivity (Wildman–Crippen MR) is 67.2 cm³/mol. The number of carbonyl (C=O) groups excluding carboxylic acids is 1. The molecular weight excluding hydrogens is 224 g/mol. The van der Waals surface area contributed by atoms with Crippen LogP contribution in [0.1, 0.15) is 32.6 Å². The lowest BCUT2D eigenvalue weighted by Crippen LogP contribution is -2.45. The van der Waals surface area contributed by atoms with E-state index >= 15 is 0 Å². The standard InChI is InChI=1S/C11H20N2O2S/c1-3-7-12-11(16)13-9-6-4-5-8(9)10(14)15-2/h8-9H,3-7H2,1-2H3,(H2,12,13,16). The smallest absolute Gasteiger partial charge is 0.310 e. The van der Waals surface area contributed by atoms with Crippen molar-refractivity contribution in [3.63, 3.8) is 0 Å². The summed E-state index contributed by atoms with van der Waals surface area (Å²) in [6, 6.07) is 0.129. The van der Waals surface area contributed by atoms with Gasteiger partial charge < -0.3 is 15.4 Å². The van der Waals surface area contributed by atoms with Crippen LogP contribution in [-0.4, -0.2) is 30.8 Å². The quantitative estimate of drug-likeness (QED) is 0.575. The summed E-state index contributed by atoms with van der Waals surface area (Å²) in [5.74, 6) is -0.181. The molecule has 0 radical (unpaired) electrons. The molecule has 92 valence electrons. The van der Waals surface area contributed by atoms with E-state index in [0.29, 0.717) is 5.11 Å². The Hall–Kier alpha value is -0.840. The van der Waals surface area contributed by atoms with E-state index in [0.717, 1.165) is 32.2 Å². The van der Waals surface area contributed by atoms with Crippen molar-refractivity contribution in [1.29, 1.82) is 0 Å². The molecular formula is C11H20N2O2S. The van der Waals surface area contributed by atoms with E-state index in [2.05, 4.69) is 17.6 Å². The highest BCUT2D eigenvalue weighted by atomic mass is 32.1. The van der Waals surface area contributed by atoms with Crippen LogP contribution in [0.15, 0.2) is 0 Å². The minimum Gasteiger partial charge on any atom is -0.469 e. The molecule has 0 aromatic rings. The molecule has 1 aliphatic rings. The largest absolute Gasteiger partial charge is 0.469 e. The Labute approximate surface area is 102 Å². The second-order valence-corrected chi connectivity index (χ2v) is 4.48. The van der Waals surface area contributed by atoms with E-state index in [1.165, 1.54) is 7.11 Å². The number of nitrogens with one attached hydrogen (secondary N) is 2. The van der Waals surface area contributed by atoms with Crippen LogP contribution < -0.4 is 10.6 Å². The van der Waals surface area contributed by atoms with Gasteiger partial charge in [-0.3, -0.25) is 4.79 Å². The molecule has 0 bridgehead atoms. The maximum Gasteiger partial charge on any atom is 0.310 e. The molecule has 0 aromatic heterocycles. The summed E-state index contributed by atoms with van der Waals surface area (Å²) in [6.07, 6.45) is 3.95. The van der Waals surface area contributed by atoms with Crippen molar-refractivity contribution in [2.24, 2.45) is 5.92 Å². The van der Waals surface area contributed by atoms with E-state index in [-0.39, 0.29) is 17.9 Å². The summed E-state index contributed by atoms with van der Waals surface area (Å²) < 4.78 is 4.78. The fourth-order valence-electron chi connectivity index (χ4n) is 2.02. The summed E-state index contributed by atoms with van der Waals surface area (Å²) in [5.41, 5.74) is 0. The van der Waals surface area contributed by atoms with Crippen LogP contribution in [0, 0.1) is 5.92 Å². The molecule has 2 unspecified atom stereocenters. The first-order chi connectivity index (χ1) is 7.69. The van der Waals surface area contributed by atoms with Gasteiger partial charge in [0.15, 0.2) is 5.11 Å². The van der Waals surface area contributed by atoms with Crippen LogP contribution in [0.3, 0.4) is 0 Å². The fraction of sp³-hybridized carbons (Fsp3) is 0.818. The number of hydrogen-bond donors (Lipinski definition) is 2. The van der Waals surface area contributed by atoms with Crippen molar-refractivity contribution in [3.05, 3.63) is 0 Å². The Morgan fingerprint density at radius 3 is 2.88 bits per heavy atom. The van der Waals surface area contributed by atoms with Gasteiger partial charge in [-0.2, -0.15) is 0 Å². The van der Waals surface area contributed by atoms with E-state index in [9.17, 15) is 4.79 Å². The van der Waals surface area contributed by atoms with Crippen LogP contribution in [0.2, 0.25) is 0 Å². The van der Waals surface area contributed by atoms with Crippen LogP contribution in [0.25, 0.3) is 0 Å². The summed E-state index contributed by atoms with van der Waals surface area (Å²) >= 11 is 5.16. The first kappa shape index (κ1) is 13.2. The Morgan fingerprint density at radius 1 is 1.50 bits per heavy atom. The zero-order valence-electron chi connectivity index (χ0n) is 9.91. The molecule has 1 rings (SSSR count). The highest BCUT2D eigenvalue weighted by molar-refractivity contribution is 7.80. The van der Waals surface area contributed by atoms with Crippen LogP contribution in [-0.2, 0) is 9.53 Å². The van der Waals surface area contributed by atoms with Crippen molar-refractivity contribution >= 4 is 23.3 Å².